The Morgan fingerprint density at radius 3 is 2.65 bits per heavy atom. The number of aliphatic hydroxyl groups excluding tert-OH is 1. The molecule has 1 heterocycles. The third-order valence-corrected chi connectivity index (χ3v) is 4.32. The summed E-state index contributed by atoms with van der Waals surface area (Å²) < 4.78 is 29.6. The van der Waals surface area contributed by atoms with Crippen LogP contribution in [0.4, 0.5) is 8.78 Å². The summed E-state index contributed by atoms with van der Waals surface area (Å²) in [5.74, 6) is -0.165. The van der Waals surface area contributed by atoms with E-state index >= 15 is 0 Å². The minimum absolute atomic E-state index is 0.119. The SMILES string of the molecule is OC1CCC(CNCc2ccc(CSC(F)F)o2)CC1. The number of alkyl halides is 2. The van der Waals surface area contributed by atoms with Crippen LogP contribution in [0.1, 0.15) is 37.2 Å². The normalized spacial score (nSPS) is 23.4. The molecule has 6 heteroatoms. The van der Waals surface area contributed by atoms with E-state index in [1.54, 1.807) is 6.07 Å². The van der Waals surface area contributed by atoms with E-state index in [2.05, 4.69) is 5.32 Å². The molecule has 2 N–H and O–H groups in total. The molecular weight excluding hydrogens is 284 g/mol. The number of thioether (sulfide) groups is 1. The third kappa shape index (κ3) is 5.42. The van der Waals surface area contributed by atoms with E-state index in [1.807, 2.05) is 6.07 Å². The summed E-state index contributed by atoms with van der Waals surface area (Å²) in [5, 5.41) is 12.8. The van der Waals surface area contributed by atoms with Gasteiger partial charge in [0, 0.05) is 0 Å². The molecule has 0 atom stereocenters. The number of rotatable bonds is 7. The van der Waals surface area contributed by atoms with Crippen molar-refractivity contribution < 1.29 is 18.3 Å². The summed E-state index contributed by atoms with van der Waals surface area (Å²) in [5.41, 5.74) is 0. The number of hydrogen-bond acceptors (Lipinski definition) is 4. The van der Waals surface area contributed by atoms with Gasteiger partial charge in [-0.15, -0.1) is 0 Å². The second kappa shape index (κ2) is 8.00. The van der Waals surface area contributed by atoms with Crippen molar-refractivity contribution in [2.45, 2.75) is 49.8 Å². The number of aliphatic hydroxyl groups is 1. The Balaban J connectivity index is 1.64. The molecule has 1 aliphatic rings. The van der Waals surface area contributed by atoms with Gasteiger partial charge in [0.1, 0.15) is 11.5 Å². The highest BCUT2D eigenvalue weighted by atomic mass is 32.2. The number of halogens is 2. The predicted molar refractivity (Wildman–Crippen MR) is 75.7 cm³/mol. The van der Waals surface area contributed by atoms with Crippen molar-refractivity contribution >= 4 is 11.8 Å². The molecule has 0 spiro atoms. The summed E-state index contributed by atoms with van der Waals surface area (Å²) in [7, 11) is 0. The van der Waals surface area contributed by atoms with Crippen LogP contribution in [0.5, 0.6) is 0 Å². The highest BCUT2D eigenvalue weighted by molar-refractivity contribution is 7.98. The predicted octanol–water partition coefficient (Wildman–Crippen LogP) is 3.38. The van der Waals surface area contributed by atoms with Gasteiger partial charge in [-0.05, 0) is 50.3 Å². The molecule has 0 saturated heterocycles. The Bertz CT molecular complexity index is 392. The summed E-state index contributed by atoms with van der Waals surface area (Å²) in [4.78, 5) is 0. The maximum Gasteiger partial charge on any atom is 0.284 e. The molecule has 0 radical (unpaired) electrons. The topological polar surface area (TPSA) is 45.4 Å². The molecule has 0 amide bonds. The lowest BCUT2D eigenvalue weighted by atomic mass is 9.87. The van der Waals surface area contributed by atoms with Crippen LogP contribution in [0, 0.1) is 5.92 Å². The van der Waals surface area contributed by atoms with E-state index in [9.17, 15) is 13.9 Å². The highest BCUT2D eigenvalue weighted by Crippen LogP contribution is 2.24. The van der Waals surface area contributed by atoms with E-state index in [1.165, 1.54) is 0 Å². The Morgan fingerprint density at radius 1 is 1.25 bits per heavy atom. The van der Waals surface area contributed by atoms with Gasteiger partial charge in [-0.3, -0.25) is 0 Å². The van der Waals surface area contributed by atoms with Crippen molar-refractivity contribution in [2.75, 3.05) is 6.54 Å². The minimum atomic E-state index is -2.36. The van der Waals surface area contributed by atoms with Gasteiger partial charge in [0.25, 0.3) is 5.76 Å². The molecule has 3 nitrogen and oxygen atoms in total. The van der Waals surface area contributed by atoms with Crippen LogP contribution in [-0.2, 0) is 12.3 Å². The molecule has 114 valence electrons. The molecular formula is C14H21F2NO2S. The van der Waals surface area contributed by atoms with Crippen LogP contribution in [0.3, 0.4) is 0 Å². The molecule has 2 rings (SSSR count). The zero-order valence-corrected chi connectivity index (χ0v) is 12.2. The summed E-state index contributed by atoms with van der Waals surface area (Å²) >= 11 is 0.573. The van der Waals surface area contributed by atoms with Crippen molar-refractivity contribution in [3.63, 3.8) is 0 Å². The van der Waals surface area contributed by atoms with Crippen LogP contribution in [-0.4, -0.2) is 23.5 Å². The van der Waals surface area contributed by atoms with Gasteiger partial charge in [0.05, 0.1) is 18.4 Å². The van der Waals surface area contributed by atoms with E-state index in [-0.39, 0.29) is 11.9 Å². The molecule has 0 aliphatic heterocycles. The lowest BCUT2D eigenvalue weighted by Crippen LogP contribution is -2.27. The average molecular weight is 305 g/mol. The quantitative estimate of drug-likeness (QED) is 0.810. The van der Waals surface area contributed by atoms with Crippen molar-refractivity contribution in [2.24, 2.45) is 5.92 Å². The van der Waals surface area contributed by atoms with Gasteiger partial charge in [-0.1, -0.05) is 11.8 Å². The third-order valence-electron chi connectivity index (χ3n) is 3.62. The minimum Gasteiger partial charge on any atom is -0.464 e. The van der Waals surface area contributed by atoms with Gasteiger partial charge in [0.2, 0.25) is 0 Å². The van der Waals surface area contributed by atoms with Crippen LogP contribution >= 0.6 is 11.8 Å². The lowest BCUT2D eigenvalue weighted by Gasteiger charge is -2.25. The first-order chi connectivity index (χ1) is 9.63. The summed E-state index contributed by atoms with van der Waals surface area (Å²) in [6.45, 7) is 1.53. The largest absolute Gasteiger partial charge is 0.464 e. The monoisotopic (exact) mass is 305 g/mol. The number of hydrogen-bond donors (Lipinski definition) is 2. The first-order valence-corrected chi connectivity index (χ1v) is 8.04. The summed E-state index contributed by atoms with van der Waals surface area (Å²) in [6, 6.07) is 3.59. The summed E-state index contributed by atoms with van der Waals surface area (Å²) in [6.07, 6.45) is 3.78. The van der Waals surface area contributed by atoms with Crippen molar-refractivity contribution in [3.05, 3.63) is 23.7 Å². The van der Waals surface area contributed by atoms with E-state index in [0.29, 0.717) is 30.0 Å². The van der Waals surface area contributed by atoms with Gasteiger partial charge < -0.3 is 14.8 Å². The number of nitrogens with one attached hydrogen (secondary N) is 1. The van der Waals surface area contributed by atoms with Gasteiger partial charge in [-0.25, -0.2) is 0 Å². The van der Waals surface area contributed by atoms with E-state index in [0.717, 1.165) is 38.0 Å². The Kier molecular flexibility index (Phi) is 6.32. The van der Waals surface area contributed by atoms with Crippen molar-refractivity contribution in [1.29, 1.82) is 0 Å². The molecule has 1 aromatic rings. The zero-order chi connectivity index (χ0) is 14.4. The number of furan rings is 1. The molecule has 1 aromatic heterocycles. The smallest absolute Gasteiger partial charge is 0.284 e. The first kappa shape index (κ1) is 15.8. The first-order valence-electron chi connectivity index (χ1n) is 6.99. The van der Waals surface area contributed by atoms with Crippen molar-refractivity contribution in [1.82, 2.24) is 5.32 Å². The Hall–Kier alpha value is -0.590. The second-order valence-electron chi connectivity index (χ2n) is 5.25. The van der Waals surface area contributed by atoms with Crippen LogP contribution in [0.15, 0.2) is 16.5 Å². The Morgan fingerprint density at radius 2 is 1.95 bits per heavy atom. The van der Waals surface area contributed by atoms with E-state index < -0.39 is 5.76 Å². The van der Waals surface area contributed by atoms with Crippen molar-refractivity contribution in [3.8, 4) is 0 Å². The molecule has 0 bridgehead atoms. The molecule has 0 aromatic carbocycles. The Labute approximate surface area is 122 Å². The molecule has 1 fully saturated rings. The van der Waals surface area contributed by atoms with Gasteiger partial charge in [0.15, 0.2) is 0 Å². The fourth-order valence-electron chi connectivity index (χ4n) is 2.49. The standard InChI is InChI=1S/C14H21F2NO2S/c15-14(16)20-9-13-6-5-12(19-13)8-17-7-10-1-3-11(18)4-2-10/h5-6,10-11,14,17-18H,1-4,7-9H2. The maximum atomic E-state index is 12.1. The molecule has 1 saturated carbocycles. The molecule has 20 heavy (non-hydrogen) atoms. The zero-order valence-electron chi connectivity index (χ0n) is 11.4. The van der Waals surface area contributed by atoms with Crippen LogP contribution < -0.4 is 5.32 Å². The second-order valence-corrected chi connectivity index (χ2v) is 6.22. The molecule has 0 unspecified atom stereocenters. The van der Waals surface area contributed by atoms with Crippen LogP contribution in [0.25, 0.3) is 0 Å². The van der Waals surface area contributed by atoms with E-state index in [4.69, 9.17) is 4.42 Å². The van der Waals surface area contributed by atoms with Crippen LogP contribution in [0.2, 0.25) is 0 Å². The lowest BCUT2D eigenvalue weighted by molar-refractivity contribution is 0.108. The fourth-order valence-corrected chi connectivity index (χ4v) is 2.93. The highest BCUT2D eigenvalue weighted by Gasteiger charge is 2.18. The maximum absolute atomic E-state index is 12.1. The van der Waals surface area contributed by atoms with Gasteiger partial charge >= 0.3 is 0 Å². The molecule has 1 aliphatic carbocycles. The fraction of sp³-hybridized carbons (Fsp3) is 0.714. The van der Waals surface area contributed by atoms with Gasteiger partial charge in [-0.2, -0.15) is 8.78 Å². The average Bonchev–Trinajstić information content (AvgIpc) is 2.87.